The summed E-state index contributed by atoms with van der Waals surface area (Å²) in [4.78, 5) is 7.76. The van der Waals surface area contributed by atoms with Gasteiger partial charge in [0.2, 0.25) is 10.0 Å². The van der Waals surface area contributed by atoms with Crippen molar-refractivity contribution in [3.05, 3.63) is 59.4 Å². The standard InChI is InChI=1S/C16H17N3O2S/c1-11-4-3-5-14(8-11)22(20,21)17-10-13-6-7-15-16(9-13)19-12(2)18-15/h3-9,17H,10H2,1-2H3,(H,18,19). The minimum Gasteiger partial charge on any atom is -0.342 e. The summed E-state index contributed by atoms with van der Waals surface area (Å²) in [5, 5.41) is 0. The molecule has 22 heavy (non-hydrogen) atoms. The topological polar surface area (TPSA) is 74.8 Å². The van der Waals surface area contributed by atoms with Crippen molar-refractivity contribution in [1.29, 1.82) is 0 Å². The van der Waals surface area contributed by atoms with E-state index in [0.717, 1.165) is 28.0 Å². The molecule has 2 aromatic carbocycles. The number of aryl methyl sites for hydroxylation is 2. The van der Waals surface area contributed by atoms with Gasteiger partial charge in [-0.2, -0.15) is 0 Å². The molecule has 0 amide bonds. The molecule has 0 saturated carbocycles. The van der Waals surface area contributed by atoms with Crippen LogP contribution >= 0.6 is 0 Å². The molecule has 0 fully saturated rings. The van der Waals surface area contributed by atoms with Crippen LogP contribution in [0.1, 0.15) is 17.0 Å². The van der Waals surface area contributed by atoms with Gasteiger partial charge in [-0.15, -0.1) is 0 Å². The lowest BCUT2D eigenvalue weighted by Gasteiger charge is -2.07. The Hall–Kier alpha value is -2.18. The maximum atomic E-state index is 12.3. The van der Waals surface area contributed by atoms with Gasteiger partial charge in [0.05, 0.1) is 15.9 Å². The molecule has 0 saturated heterocycles. The Morgan fingerprint density at radius 1 is 1.14 bits per heavy atom. The summed E-state index contributed by atoms with van der Waals surface area (Å²) in [7, 11) is -3.50. The van der Waals surface area contributed by atoms with Crippen LogP contribution in [0.25, 0.3) is 11.0 Å². The fraction of sp³-hybridized carbons (Fsp3) is 0.188. The van der Waals surface area contributed by atoms with Crippen LogP contribution in [0.4, 0.5) is 0 Å². The average molecular weight is 315 g/mol. The van der Waals surface area contributed by atoms with E-state index in [1.807, 2.05) is 38.1 Å². The first kappa shape index (κ1) is 14.7. The van der Waals surface area contributed by atoms with Gasteiger partial charge in [-0.1, -0.05) is 18.2 Å². The van der Waals surface area contributed by atoms with Crippen molar-refractivity contribution in [2.75, 3.05) is 0 Å². The number of nitrogens with zero attached hydrogens (tertiary/aromatic N) is 1. The smallest absolute Gasteiger partial charge is 0.240 e. The Morgan fingerprint density at radius 2 is 1.95 bits per heavy atom. The lowest BCUT2D eigenvalue weighted by atomic mass is 10.2. The molecule has 1 heterocycles. The summed E-state index contributed by atoms with van der Waals surface area (Å²) < 4.78 is 27.2. The number of aromatic nitrogens is 2. The van der Waals surface area contributed by atoms with Crippen molar-refractivity contribution in [2.45, 2.75) is 25.3 Å². The van der Waals surface area contributed by atoms with Crippen LogP contribution < -0.4 is 4.72 Å². The second kappa shape index (κ2) is 5.55. The predicted octanol–water partition coefficient (Wildman–Crippen LogP) is 2.66. The van der Waals surface area contributed by atoms with Gasteiger partial charge in [0, 0.05) is 6.54 Å². The number of nitrogens with one attached hydrogen (secondary N) is 2. The minimum atomic E-state index is -3.50. The number of hydrogen-bond acceptors (Lipinski definition) is 3. The van der Waals surface area contributed by atoms with Crippen LogP contribution in [0.3, 0.4) is 0 Å². The normalized spacial score (nSPS) is 11.9. The van der Waals surface area contributed by atoms with Crippen molar-refractivity contribution >= 4 is 21.1 Å². The molecule has 5 nitrogen and oxygen atoms in total. The molecule has 0 aliphatic heterocycles. The van der Waals surface area contributed by atoms with Crippen LogP contribution in [0.15, 0.2) is 47.4 Å². The number of aromatic amines is 1. The fourth-order valence-electron chi connectivity index (χ4n) is 2.34. The Kier molecular flexibility index (Phi) is 3.72. The number of H-pyrrole nitrogens is 1. The molecule has 0 aliphatic rings. The van der Waals surface area contributed by atoms with E-state index < -0.39 is 10.0 Å². The van der Waals surface area contributed by atoms with Crippen molar-refractivity contribution in [3.63, 3.8) is 0 Å². The van der Waals surface area contributed by atoms with Crippen LogP contribution in [0.5, 0.6) is 0 Å². The molecule has 0 aliphatic carbocycles. The van der Waals surface area contributed by atoms with Gasteiger partial charge < -0.3 is 4.98 Å². The summed E-state index contributed by atoms with van der Waals surface area (Å²) in [5.41, 5.74) is 3.58. The van der Waals surface area contributed by atoms with Gasteiger partial charge >= 0.3 is 0 Å². The molecule has 0 bridgehead atoms. The number of benzene rings is 2. The lowest BCUT2D eigenvalue weighted by Crippen LogP contribution is -2.23. The second-order valence-electron chi connectivity index (χ2n) is 5.31. The molecule has 0 spiro atoms. The lowest BCUT2D eigenvalue weighted by molar-refractivity contribution is 0.581. The van der Waals surface area contributed by atoms with E-state index in [-0.39, 0.29) is 11.4 Å². The summed E-state index contributed by atoms with van der Waals surface area (Å²) in [6, 6.07) is 12.5. The maximum absolute atomic E-state index is 12.3. The number of hydrogen-bond donors (Lipinski definition) is 2. The third-order valence-corrected chi connectivity index (χ3v) is 4.83. The highest BCUT2D eigenvalue weighted by atomic mass is 32.2. The number of sulfonamides is 1. The average Bonchev–Trinajstić information content (AvgIpc) is 2.84. The SMILES string of the molecule is Cc1cccc(S(=O)(=O)NCc2ccc3nc(C)[nH]c3c2)c1. The summed E-state index contributed by atoms with van der Waals surface area (Å²) in [6.45, 7) is 4.00. The van der Waals surface area contributed by atoms with Gasteiger partial charge in [0.1, 0.15) is 5.82 Å². The van der Waals surface area contributed by atoms with Gasteiger partial charge in [-0.25, -0.2) is 18.1 Å². The molecule has 0 unspecified atom stereocenters. The molecule has 1 aromatic heterocycles. The maximum Gasteiger partial charge on any atom is 0.240 e. The highest BCUT2D eigenvalue weighted by molar-refractivity contribution is 7.89. The van der Waals surface area contributed by atoms with Gasteiger partial charge in [0.15, 0.2) is 0 Å². The molecule has 3 rings (SSSR count). The van der Waals surface area contributed by atoms with E-state index in [2.05, 4.69) is 14.7 Å². The number of rotatable bonds is 4. The molecular weight excluding hydrogens is 298 g/mol. The van der Waals surface area contributed by atoms with Crippen LogP contribution in [-0.2, 0) is 16.6 Å². The van der Waals surface area contributed by atoms with E-state index in [9.17, 15) is 8.42 Å². The largest absolute Gasteiger partial charge is 0.342 e. The van der Waals surface area contributed by atoms with E-state index in [1.54, 1.807) is 18.2 Å². The highest BCUT2D eigenvalue weighted by Crippen LogP contribution is 2.15. The predicted molar refractivity (Wildman–Crippen MR) is 86.0 cm³/mol. The summed E-state index contributed by atoms with van der Waals surface area (Å²) in [5.74, 6) is 0.840. The third-order valence-electron chi connectivity index (χ3n) is 3.43. The van der Waals surface area contributed by atoms with Crippen molar-refractivity contribution in [1.82, 2.24) is 14.7 Å². The quantitative estimate of drug-likeness (QED) is 0.777. The van der Waals surface area contributed by atoms with Crippen molar-refractivity contribution in [2.24, 2.45) is 0 Å². The monoisotopic (exact) mass is 315 g/mol. The molecular formula is C16H17N3O2S. The van der Waals surface area contributed by atoms with E-state index >= 15 is 0 Å². The summed E-state index contributed by atoms with van der Waals surface area (Å²) in [6.07, 6.45) is 0. The first-order valence-electron chi connectivity index (χ1n) is 6.96. The molecule has 114 valence electrons. The van der Waals surface area contributed by atoms with Crippen LogP contribution in [0.2, 0.25) is 0 Å². The molecule has 6 heteroatoms. The van der Waals surface area contributed by atoms with Crippen molar-refractivity contribution < 1.29 is 8.42 Å². The van der Waals surface area contributed by atoms with Gasteiger partial charge in [-0.3, -0.25) is 0 Å². The zero-order chi connectivity index (χ0) is 15.7. The first-order valence-corrected chi connectivity index (χ1v) is 8.44. The Balaban J connectivity index is 1.80. The van der Waals surface area contributed by atoms with E-state index in [1.165, 1.54) is 0 Å². The zero-order valence-corrected chi connectivity index (χ0v) is 13.2. The Morgan fingerprint density at radius 3 is 2.73 bits per heavy atom. The third kappa shape index (κ3) is 3.03. The Bertz CT molecular complexity index is 929. The van der Waals surface area contributed by atoms with E-state index in [0.29, 0.717) is 0 Å². The van der Waals surface area contributed by atoms with Crippen LogP contribution in [0, 0.1) is 13.8 Å². The molecule has 2 N–H and O–H groups in total. The Labute approximate surface area is 129 Å². The van der Waals surface area contributed by atoms with Gasteiger partial charge in [0.25, 0.3) is 0 Å². The second-order valence-corrected chi connectivity index (χ2v) is 7.08. The molecule has 0 radical (unpaired) electrons. The first-order chi connectivity index (χ1) is 10.4. The molecule has 0 atom stereocenters. The number of imidazole rings is 1. The summed E-state index contributed by atoms with van der Waals surface area (Å²) >= 11 is 0. The highest BCUT2D eigenvalue weighted by Gasteiger charge is 2.13. The zero-order valence-electron chi connectivity index (χ0n) is 12.4. The fourth-order valence-corrected chi connectivity index (χ4v) is 3.46. The van der Waals surface area contributed by atoms with Crippen molar-refractivity contribution in [3.8, 4) is 0 Å². The van der Waals surface area contributed by atoms with E-state index in [4.69, 9.17) is 0 Å². The van der Waals surface area contributed by atoms with Gasteiger partial charge in [-0.05, 0) is 49.2 Å². The molecule has 3 aromatic rings. The minimum absolute atomic E-state index is 0.240. The van der Waals surface area contributed by atoms with Crippen LogP contribution in [-0.4, -0.2) is 18.4 Å². The number of fused-ring (bicyclic) bond motifs is 1.